The first-order chi connectivity index (χ1) is 8.56. The van der Waals surface area contributed by atoms with Crippen LogP contribution in [-0.2, 0) is 6.54 Å². The Morgan fingerprint density at radius 3 is 2.56 bits per heavy atom. The van der Waals surface area contributed by atoms with Crippen LogP contribution >= 0.6 is 39.1 Å². The van der Waals surface area contributed by atoms with E-state index in [1.165, 1.54) is 6.07 Å². The molecule has 0 amide bonds. The Morgan fingerprint density at radius 2 is 1.89 bits per heavy atom. The maximum absolute atomic E-state index is 13.6. The lowest BCUT2D eigenvalue weighted by molar-refractivity contribution is 0.612. The highest BCUT2D eigenvalue weighted by Crippen LogP contribution is 2.26. The number of anilines is 1. The summed E-state index contributed by atoms with van der Waals surface area (Å²) < 4.78 is 14.3. The maximum Gasteiger partial charge on any atom is 0.129 e. The largest absolute Gasteiger partial charge is 0.380 e. The molecule has 0 fully saturated rings. The van der Waals surface area contributed by atoms with Crippen LogP contribution in [0.15, 0.2) is 40.9 Å². The van der Waals surface area contributed by atoms with Crippen molar-refractivity contribution in [2.45, 2.75) is 6.54 Å². The van der Waals surface area contributed by atoms with Crippen LogP contribution in [0.25, 0.3) is 0 Å². The molecule has 1 N–H and O–H groups in total. The van der Waals surface area contributed by atoms with E-state index in [4.69, 9.17) is 23.2 Å². The second-order valence-electron chi connectivity index (χ2n) is 3.71. The topological polar surface area (TPSA) is 12.0 Å². The summed E-state index contributed by atoms with van der Waals surface area (Å²) in [4.78, 5) is 0. The number of hydrogen-bond donors (Lipinski definition) is 1. The molecule has 1 nitrogen and oxygen atoms in total. The van der Waals surface area contributed by atoms with Crippen molar-refractivity contribution in [3.05, 3.63) is 62.3 Å². The van der Waals surface area contributed by atoms with E-state index in [0.717, 1.165) is 5.69 Å². The first-order valence-electron chi connectivity index (χ1n) is 5.19. The van der Waals surface area contributed by atoms with Gasteiger partial charge < -0.3 is 5.32 Å². The van der Waals surface area contributed by atoms with Gasteiger partial charge in [-0.2, -0.15) is 0 Å². The lowest BCUT2D eigenvalue weighted by Crippen LogP contribution is -2.02. The SMILES string of the molecule is Fc1cc(Br)ccc1CNc1ccc(Cl)cc1Cl. The van der Waals surface area contributed by atoms with E-state index in [0.29, 0.717) is 26.6 Å². The molecule has 2 rings (SSSR count). The van der Waals surface area contributed by atoms with Crippen LogP contribution in [0.3, 0.4) is 0 Å². The molecule has 0 spiro atoms. The maximum atomic E-state index is 13.6. The highest BCUT2D eigenvalue weighted by atomic mass is 79.9. The normalized spacial score (nSPS) is 10.4. The number of rotatable bonds is 3. The van der Waals surface area contributed by atoms with Gasteiger partial charge >= 0.3 is 0 Å². The van der Waals surface area contributed by atoms with Gasteiger partial charge in [-0.25, -0.2) is 4.39 Å². The molecular formula is C13H9BrCl2FN. The van der Waals surface area contributed by atoms with Crippen LogP contribution in [0.1, 0.15) is 5.56 Å². The van der Waals surface area contributed by atoms with Crippen molar-refractivity contribution < 1.29 is 4.39 Å². The van der Waals surface area contributed by atoms with E-state index < -0.39 is 0 Å². The molecule has 0 aromatic heterocycles. The smallest absolute Gasteiger partial charge is 0.129 e. The third kappa shape index (κ3) is 3.37. The summed E-state index contributed by atoms with van der Waals surface area (Å²) in [6.07, 6.45) is 0. The fraction of sp³-hybridized carbons (Fsp3) is 0.0769. The summed E-state index contributed by atoms with van der Waals surface area (Å²) in [7, 11) is 0. The zero-order chi connectivity index (χ0) is 13.1. The van der Waals surface area contributed by atoms with Crippen LogP contribution in [-0.4, -0.2) is 0 Å². The fourth-order valence-corrected chi connectivity index (χ4v) is 2.30. The van der Waals surface area contributed by atoms with Gasteiger partial charge in [0.05, 0.1) is 10.7 Å². The Morgan fingerprint density at radius 1 is 1.11 bits per heavy atom. The summed E-state index contributed by atoms with van der Waals surface area (Å²) in [6.45, 7) is 0.362. The minimum Gasteiger partial charge on any atom is -0.380 e. The molecule has 94 valence electrons. The van der Waals surface area contributed by atoms with E-state index in [-0.39, 0.29) is 5.82 Å². The molecule has 18 heavy (non-hydrogen) atoms. The Bertz CT molecular complexity index is 523. The summed E-state index contributed by atoms with van der Waals surface area (Å²) >= 11 is 15.0. The van der Waals surface area contributed by atoms with Gasteiger partial charge in [-0.05, 0) is 30.3 Å². The fourth-order valence-electron chi connectivity index (χ4n) is 1.49. The highest BCUT2D eigenvalue weighted by molar-refractivity contribution is 9.10. The number of halogens is 4. The quantitative estimate of drug-likeness (QED) is 0.771. The summed E-state index contributed by atoms with van der Waals surface area (Å²) in [6, 6.07) is 10.1. The van der Waals surface area contributed by atoms with Gasteiger partial charge in [0.15, 0.2) is 0 Å². The minimum atomic E-state index is -0.262. The molecule has 0 saturated carbocycles. The summed E-state index contributed by atoms with van der Waals surface area (Å²) in [5.41, 5.74) is 1.30. The number of hydrogen-bond acceptors (Lipinski definition) is 1. The van der Waals surface area contributed by atoms with E-state index in [2.05, 4.69) is 21.2 Å². The number of nitrogens with one attached hydrogen (secondary N) is 1. The molecule has 0 aliphatic heterocycles. The van der Waals surface area contributed by atoms with Crippen LogP contribution < -0.4 is 5.32 Å². The van der Waals surface area contributed by atoms with Gasteiger partial charge in [-0.3, -0.25) is 0 Å². The van der Waals surface area contributed by atoms with Gasteiger partial charge in [0.25, 0.3) is 0 Å². The van der Waals surface area contributed by atoms with Crippen molar-refractivity contribution in [1.82, 2.24) is 0 Å². The Hall–Kier alpha value is -0.770. The average molecular weight is 349 g/mol. The summed E-state index contributed by atoms with van der Waals surface area (Å²) in [5, 5.41) is 4.15. The first kappa shape index (κ1) is 13.7. The van der Waals surface area contributed by atoms with Gasteiger partial charge in [0.2, 0.25) is 0 Å². The third-order valence-electron chi connectivity index (χ3n) is 2.42. The molecule has 5 heteroatoms. The molecule has 0 aliphatic carbocycles. The zero-order valence-electron chi connectivity index (χ0n) is 9.18. The van der Waals surface area contributed by atoms with Gasteiger partial charge in [-0.1, -0.05) is 45.2 Å². The molecule has 2 aromatic carbocycles. The predicted molar refractivity (Wildman–Crippen MR) is 77.9 cm³/mol. The lowest BCUT2D eigenvalue weighted by Gasteiger charge is -2.09. The molecule has 0 saturated heterocycles. The standard InChI is InChI=1S/C13H9BrCl2FN/c14-9-2-1-8(12(17)5-9)7-18-13-4-3-10(15)6-11(13)16/h1-6,18H,7H2. The van der Waals surface area contributed by atoms with Crippen molar-refractivity contribution in [3.63, 3.8) is 0 Å². The monoisotopic (exact) mass is 347 g/mol. The third-order valence-corrected chi connectivity index (χ3v) is 3.46. The van der Waals surface area contributed by atoms with E-state index in [1.807, 2.05) is 0 Å². The van der Waals surface area contributed by atoms with Gasteiger partial charge in [-0.15, -0.1) is 0 Å². The van der Waals surface area contributed by atoms with E-state index >= 15 is 0 Å². The van der Waals surface area contributed by atoms with Crippen LogP contribution in [0.4, 0.5) is 10.1 Å². The van der Waals surface area contributed by atoms with Crippen LogP contribution in [0.2, 0.25) is 10.0 Å². The molecule has 0 bridgehead atoms. The summed E-state index contributed by atoms with van der Waals surface area (Å²) in [5.74, 6) is -0.262. The van der Waals surface area contributed by atoms with E-state index in [1.54, 1.807) is 30.3 Å². The highest BCUT2D eigenvalue weighted by Gasteiger charge is 2.05. The Kier molecular flexibility index (Phi) is 4.49. The molecule has 0 atom stereocenters. The van der Waals surface area contributed by atoms with Crippen molar-refractivity contribution in [2.75, 3.05) is 5.32 Å². The second-order valence-corrected chi connectivity index (χ2v) is 5.47. The van der Waals surface area contributed by atoms with Crippen molar-refractivity contribution in [2.24, 2.45) is 0 Å². The molecule has 0 heterocycles. The average Bonchev–Trinajstić information content (AvgIpc) is 2.30. The molecule has 0 unspecified atom stereocenters. The molecule has 0 aliphatic rings. The second kappa shape index (κ2) is 5.91. The minimum absolute atomic E-state index is 0.262. The molecular weight excluding hydrogens is 340 g/mol. The molecule has 0 radical (unpaired) electrons. The van der Waals surface area contributed by atoms with Crippen molar-refractivity contribution in [3.8, 4) is 0 Å². The molecule has 2 aromatic rings. The van der Waals surface area contributed by atoms with E-state index in [9.17, 15) is 4.39 Å². The van der Waals surface area contributed by atoms with Gasteiger partial charge in [0, 0.05) is 21.6 Å². The number of benzene rings is 2. The Labute approximate surface area is 123 Å². The first-order valence-corrected chi connectivity index (χ1v) is 6.74. The van der Waals surface area contributed by atoms with Crippen LogP contribution in [0, 0.1) is 5.82 Å². The lowest BCUT2D eigenvalue weighted by atomic mass is 10.2. The Balaban J connectivity index is 2.11. The zero-order valence-corrected chi connectivity index (χ0v) is 12.3. The predicted octanol–water partition coefficient (Wildman–Crippen LogP) is 5.51. The van der Waals surface area contributed by atoms with Crippen molar-refractivity contribution >= 4 is 44.8 Å². The van der Waals surface area contributed by atoms with Crippen molar-refractivity contribution in [1.29, 1.82) is 0 Å². The van der Waals surface area contributed by atoms with Gasteiger partial charge in [0.1, 0.15) is 5.82 Å². The van der Waals surface area contributed by atoms with Crippen LogP contribution in [0.5, 0.6) is 0 Å².